The Morgan fingerprint density at radius 3 is 2.73 bits per heavy atom. The maximum atomic E-state index is 12.1. The minimum absolute atomic E-state index is 0.191. The van der Waals surface area contributed by atoms with Gasteiger partial charge in [0.2, 0.25) is 5.91 Å². The lowest BCUT2D eigenvalue weighted by molar-refractivity contribution is -0.135. The van der Waals surface area contributed by atoms with Crippen LogP contribution in [0.5, 0.6) is 0 Å². The number of nitrogens with zero attached hydrogens (tertiary/aromatic N) is 1. The van der Waals surface area contributed by atoms with Gasteiger partial charge in [0.05, 0.1) is 6.04 Å². The number of hydrogen-bond acceptors (Lipinski definition) is 2. The van der Waals surface area contributed by atoms with Crippen molar-refractivity contribution in [2.24, 2.45) is 17.6 Å². The fourth-order valence-electron chi connectivity index (χ4n) is 2.88. The van der Waals surface area contributed by atoms with E-state index < -0.39 is 0 Å². The van der Waals surface area contributed by atoms with E-state index in [9.17, 15) is 4.79 Å². The predicted molar refractivity (Wildman–Crippen MR) is 60.3 cm³/mol. The van der Waals surface area contributed by atoms with Crippen LogP contribution in [-0.4, -0.2) is 29.4 Å². The topological polar surface area (TPSA) is 46.3 Å². The van der Waals surface area contributed by atoms with Crippen molar-refractivity contribution < 1.29 is 4.79 Å². The summed E-state index contributed by atoms with van der Waals surface area (Å²) < 4.78 is 0. The second kappa shape index (κ2) is 4.12. The van der Waals surface area contributed by atoms with Crippen LogP contribution in [0.3, 0.4) is 0 Å². The Kier molecular flexibility index (Phi) is 3.01. The van der Waals surface area contributed by atoms with Gasteiger partial charge in [-0.05, 0) is 31.1 Å². The molecular formula is C12H22N2O. The summed E-state index contributed by atoms with van der Waals surface area (Å²) in [6, 6.07) is 0.229. The number of likely N-dealkylation sites (tertiary alicyclic amines) is 1. The van der Waals surface area contributed by atoms with Gasteiger partial charge in [0.1, 0.15) is 0 Å². The second-order valence-corrected chi connectivity index (χ2v) is 5.23. The molecule has 2 N–H and O–H groups in total. The van der Waals surface area contributed by atoms with Gasteiger partial charge in [-0.3, -0.25) is 4.79 Å². The highest BCUT2D eigenvalue weighted by molar-refractivity contribution is 5.82. The maximum Gasteiger partial charge on any atom is 0.240 e. The molecular weight excluding hydrogens is 188 g/mol. The summed E-state index contributed by atoms with van der Waals surface area (Å²) in [5, 5.41) is 0. The molecule has 2 rings (SSSR count). The fourth-order valence-corrected chi connectivity index (χ4v) is 2.88. The Morgan fingerprint density at radius 1 is 1.53 bits per heavy atom. The maximum absolute atomic E-state index is 12.1. The Bertz CT molecular complexity index is 254. The fraction of sp³-hybridized carbons (Fsp3) is 0.917. The largest absolute Gasteiger partial charge is 0.338 e. The Hall–Kier alpha value is -0.570. The molecule has 0 aromatic rings. The van der Waals surface area contributed by atoms with Gasteiger partial charge in [0, 0.05) is 12.6 Å². The highest BCUT2D eigenvalue weighted by Crippen LogP contribution is 2.37. The standard InChI is InChI=1S/C12H22N2O/c1-3-8(2)11(13)12(15)14-7-9-4-5-10(14)6-9/h8-11H,3-7,13H2,1-2H3/t8-,9?,10?,11-/m0/s1. The van der Waals surface area contributed by atoms with Crippen molar-refractivity contribution in [1.29, 1.82) is 0 Å². The summed E-state index contributed by atoms with van der Waals surface area (Å²) in [5.41, 5.74) is 5.99. The van der Waals surface area contributed by atoms with Crippen LogP contribution in [-0.2, 0) is 4.79 Å². The van der Waals surface area contributed by atoms with E-state index in [4.69, 9.17) is 5.73 Å². The first-order valence-electron chi connectivity index (χ1n) is 6.19. The van der Waals surface area contributed by atoms with Crippen LogP contribution in [0.25, 0.3) is 0 Å². The number of hydrogen-bond donors (Lipinski definition) is 1. The molecule has 4 atom stereocenters. The lowest BCUT2D eigenvalue weighted by atomic mass is 9.98. The lowest BCUT2D eigenvalue weighted by Crippen LogP contribution is -2.49. The van der Waals surface area contributed by atoms with E-state index in [2.05, 4.69) is 13.8 Å². The molecule has 3 heteroatoms. The molecule has 1 saturated carbocycles. The van der Waals surface area contributed by atoms with E-state index in [0.717, 1.165) is 18.9 Å². The van der Waals surface area contributed by atoms with Crippen LogP contribution in [0.2, 0.25) is 0 Å². The molecule has 15 heavy (non-hydrogen) atoms. The van der Waals surface area contributed by atoms with Crippen LogP contribution < -0.4 is 5.73 Å². The van der Waals surface area contributed by atoms with Crippen LogP contribution in [0, 0.1) is 11.8 Å². The SMILES string of the molecule is CC[C@H](C)[C@H](N)C(=O)N1CC2CCC1C2. The first kappa shape index (κ1) is 10.9. The van der Waals surface area contributed by atoms with Crippen molar-refractivity contribution in [3.63, 3.8) is 0 Å². The minimum Gasteiger partial charge on any atom is -0.338 e. The molecule has 1 saturated heterocycles. The zero-order valence-electron chi connectivity index (χ0n) is 9.78. The molecule has 2 fully saturated rings. The molecule has 1 heterocycles. The third-order valence-corrected chi connectivity index (χ3v) is 4.23. The molecule has 3 nitrogen and oxygen atoms in total. The van der Waals surface area contributed by atoms with E-state index in [0.29, 0.717) is 12.0 Å². The molecule has 1 aliphatic carbocycles. The molecule has 0 aromatic carbocycles. The quantitative estimate of drug-likeness (QED) is 0.764. The number of piperidine rings is 1. The van der Waals surface area contributed by atoms with Crippen molar-refractivity contribution in [2.45, 2.75) is 51.6 Å². The first-order chi connectivity index (χ1) is 7.13. The van der Waals surface area contributed by atoms with Gasteiger partial charge < -0.3 is 10.6 Å². The normalized spacial score (nSPS) is 33.1. The van der Waals surface area contributed by atoms with Gasteiger partial charge in [0.15, 0.2) is 0 Å². The van der Waals surface area contributed by atoms with E-state index in [1.165, 1.54) is 19.3 Å². The number of amides is 1. The highest BCUT2D eigenvalue weighted by atomic mass is 16.2. The van der Waals surface area contributed by atoms with Crippen molar-refractivity contribution in [1.82, 2.24) is 4.90 Å². The average Bonchev–Trinajstić information content (AvgIpc) is 2.87. The van der Waals surface area contributed by atoms with Gasteiger partial charge in [-0.15, -0.1) is 0 Å². The van der Waals surface area contributed by atoms with Crippen molar-refractivity contribution in [3.05, 3.63) is 0 Å². The van der Waals surface area contributed by atoms with Gasteiger partial charge in [-0.2, -0.15) is 0 Å². The number of carbonyl (C=O) groups is 1. The lowest BCUT2D eigenvalue weighted by Gasteiger charge is -2.31. The van der Waals surface area contributed by atoms with Crippen LogP contribution in [0.1, 0.15) is 39.5 Å². The summed E-state index contributed by atoms with van der Waals surface area (Å²) >= 11 is 0. The number of carbonyl (C=O) groups excluding carboxylic acids is 1. The van der Waals surface area contributed by atoms with E-state index in [1.807, 2.05) is 4.90 Å². The third-order valence-electron chi connectivity index (χ3n) is 4.23. The van der Waals surface area contributed by atoms with Crippen molar-refractivity contribution in [3.8, 4) is 0 Å². The van der Waals surface area contributed by atoms with Crippen LogP contribution in [0.15, 0.2) is 0 Å². The molecule has 2 unspecified atom stereocenters. The van der Waals surface area contributed by atoms with Gasteiger partial charge in [0.25, 0.3) is 0 Å². The van der Waals surface area contributed by atoms with Crippen LogP contribution in [0.4, 0.5) is 0 Å². The first-order valence-corrected chi connectivity index (χ1v) is 6.19. The number of rotatable bonds is 3. The Balaban J connectivity index is 1.96. The minimum atomic E-state index is -0.283. The highest BCUT2D eigenvalue weighted by Gasteiger charge is 2.41. The predicted octanol–water partition coefficient (Wildman–Crippen LogP) is 1.37. The molecule has 2 bridgehead atoms. The van der Waals surface area contributed by atoms with E-state index >= 15 is 0 Å². The zero-order chi connectivity index (χ0) is 11.0. The third kappa shape index (κ3) is 1.89. The van der Waals surface area contributed by atoms with Crippen LogP contribution >= 0.6 is 0 Å². The van der Waals surface area contributed by atoms with Gasteiger partial charge in [-0.1, -0.05) is 20.3 Å². The average molecular weight is 210 g/mol. The molecule has 2 aliphatic rings. The zero-order valence-corrected chi connectivity index (χ0v) is 9.78. The summed E-state index contributed by atoms with van der Waals surface area (Å²) in [7, 11) is 0. The molecule has 1 amide bonds. The second-order valence-electron chi connectivity index (χ2n) is 5.23. The number of fused-ring (bicyclic) bond motifs is 2. The Labute approximate surface area is 92.0 Å². The summed E-state index contributed by atoms with van der Waals surface area (Å²) in [6.45, 7) is 5.12. The summed E-state index contributed by atoms with van der Waals surface area (Å²) in [6.07, 6.45) is 4.71. The Morgan fingerprint density at radius 2 is 2.27 bits per heavy atom. The monoisotopic (exact) mass is 210 g/mol. The molecule has 0 spiro atoms. The van der Waals surface area contributed by atoms with E-state index in [1.54, 1.807) is 0 Å². The summed E-state index contributed by atoms with van der Waals surface area (Å²) in [4.78, 5) is 14.2. The molecule has 1 aliphatic heterocycles. The molecule has 86 valence electrons. The molecule has 0 aromatic heterocycles. The van der Waals surface area contributed by atoms with Gasteiger partial charge >= 0.3 is 0 Å². The van der Waals surface area contributed by atoms with Crippen molar-refractivity contribution in [2.75, 3.05) is 6.54 Å². The summed E-state index contributed by atoms with van der Waals surface area (Å²) in [5.74, 6) is 1.26. The number of nitrogens with two attached hydrogens (primary N) is 1. The van der Waals surface area contributed by atoms with E-state index in [-0.39, 0.29) is 11.9 Å². The molecule has 0 radical (unpaired) electrons. The van der Waals surface area contributed by atoms with Crippen molar-refractivity contribution >= 4 is 5.91 Å². The van der Waals surface area contributed by atoms with Gasteiger partial charge in [-0.25, -0.2) is 0 Å². The smallest absolute Gasteiger partial charge is 0.240 e.